The molecule has 0 atom stereocenters. The molecule has 0 unspecified atom stereocenters. The fourth-order valence-corrected chi connectivity index (χ4v) is 2.03. The molecule has 0 aliphatic rings. The van der Waals surface area contributed by atoms with Crippen molar-refractivity contribution >= 4 is 17.2 Å². The monoisotopic (exact) mass is 241 g/mol. The van der Waals surface area contributed by atoms with Crippen LogP contribution in [0.4, 0.5) is 0 Å². The van der Waals surface area contributed by atoms with Gasteiger partial charge in [0.15, 0.2) is 0 Å². The van der Waals surface area contributed by atoms with Crippen molar-refractivity contribution in [2.75, 3.05) is 19.6 Å². The zero-order valence-corrected chi connectivity index (χ0v) is 10.7. The van der Waals surface area contributed by atoms with E-state index in [-0.39, 0.29) is 5.91 Å². The summed E-state index contributed by atoms with van der Waals surface area (Å²) in [5.74, 6) is 0.0471. The number of aryl methyl sites for hydroxylation is 1. The Morgan fingerprint density at radius 1 is 1.44 bits per heavy atom. The van der Waals surface area contributed by atoms with Gasteiger partial charge in [0.2, 0.25) is 5.91 Å². The van der Waals surface area contributed by atoms with Gasteiger partial charge in [0.05, 0.1) is 17.1 Å². The number of likely N-dealkylation sites (N-methyl/N-ethyl adjacent to an activating group) is 1. The molecule has 0 saturated heterocycles. The molecule has 0 saturated carbocycles. The highest BCUT2D eigenvalue weighted by Gasteiger charge is 2.06. The lowest BCUT2D eigenvalue weighted by molar-refractivity contribution is -0.120. The molecule has 1 heterocycles. The highest BCUT2D eigenvalue weighted by atomic mass is 32.1. The van der Waals surface area contributed by atoms with Gasteiger partial charge in [-0.3, -0.25) is 4.79 Å². The van der Waals surface area contributed by atoms with Crippen LogP contribution in [0.2, 0.25) is 0 Å². The summed E-state index contributed by atoms with van der Waals surface area (Å²) in [5, 5.41) is 9.06. The second-order valence-corrected chi connectivity index (χ2v) is 4.41. The predicted molar refractivity (Wildman–Crippen MR) is 66.7 cm³/mol. The summed E-state index contributed by atoms with van der Waals surface area (Å²) in [5.41, 5.74) is 0.878. The molecule has 0 bridgehead atoms. The van der Waals surface area contributed by atoms with Crippen LogP contribution in [-0.4, -0.2) is 30.5 Å². The smallest absolute Gasteiger partial charge is 0.226 e. The zero-order chi connectivity index (χ0) is 11.8. The Hall–Kier alpha value is -0.940. The molecular formula is C11H19N3OS. The number of nitrogens with zero attached hydrogens (tertiary/aromatic N) is 1. The molecule has 0 radical (unpaired) electrons. The van der Waals surface area contributed by atoms with E-state index in [0.29, 0.717) is 13.0 Å². The van der Waals surface area contributed by atoms with Crippen LogP contribution in [0.1, 0.15) is 24.5 Å². The van der Waals surface area contributed by atoms with Gasteiger partial charge >= 0.3 is 0 Å². The van der Waals surface area contributed by atoms with Gasteiger partial charge in [-0.05, 0) is 13.0 Å². The van der Waals surface area contributed by atoms with E-state index >= 15 is 0 Å². The Morgan fingerprint density at radius 2 is 2.25 bits per heavy atom. The van der Waals surface area contributed by atoms with Gasteiger partial charge in [-0.25, -0.2) is 4.98 Å². The summed E-state index contributed by atoms with van der Waals surface area (Å²) < 4.78 is 0. The molecule has 0 aliphatic carbocycles. The van der Waals surface area contributed by atoms with Crippen LogP contribution in [0.3, 0.4) is 0 Å². The van der Waals surface area contributed by atoms with Gasteiger partial charge in [-0.1, -0.05) is 13.8 Å². The Labute approximate surface area is 100 Å². The van der Waals surface area contributed by atoms with Crippen LogP contribution < -0.4 is 10.6 Å². The van der Waals surface area contributed by atoms with E-state index in [4.69, 9.17) is 0 Å². The highest BCUT2D eigenvalue weighted by molar-refractivity contribution is 7.09. The van der Waals surface area contributed by atoms with Crippen molar-refractivity contribution in [1.29, 1.82) is 0 Å². The third kappa shape index (κ3) is 4.72. The molecular weight excluding hydrogens is 222 g/mol. The maximum absolute atomic E-state index is 11.5. The lowest BCUT2D eigenvalue weighted by Gasteiger charge is -2.03. The number of carbonyl (C=O) groups excluding carboxylic acids is 1. The van der Waals surface area contributed by atoms with Crippen molar-refractivity contribution in [3.63, 3.8) is 0 Å². The lowest BCUT2D eigenvalue weighted by Crippen LogP contribution is -2.32. The number of hydrogen-bond acceptors (Lipinski definition) is 4. The molecule has 1 aromatic heterocycles. The number of hydrogen-bond donors (Lipinski definition) is 2. The van der Waals surface area contributed by atoms with Crippen LogP contribution in [0.15, 0.2) is 5.38 Å². The Bertz CT molecular complexity index is 325. The number of thiazole rings is 1. The molecule has 4 nitrogen and oxygen atoms in total. The Kier molecular flexibility index (Phi) is 6.03. The summed E-state index contributed by atoms with van der Waals surface area (Å²) in [7, 11) is 0. The first-order valence-electron chi connectivity index (χ1n) is 5.67. The van der Waals surface area contributed by atoms with E-state index in [2.05, 4.69) is 22.5 Å². The highest BCUT2D eigenvalue weighted by Crippen LogP contribution is 2.10. The lowest BCUT2D eigenvalue weighted by atomic mass is 10.3. The summed E-state index contributed by atoms with van der Waals surface area (Å²) >= 11 is 1.62. The summed E-state index contributed by atoms with van der Waals surface area (Å²) in [6.45, 7) is 6.54. The largest absolute Gasteiger partial charge is 0.354 e. The topological polar surface area (TPSA) is 54.0 Å². The van der Waals surface area contributed by atoms with Crippen LogP contribution in [-0.2, 0) is 17.6 Å². The van der Waals surface area contributed by atoms with Crippen molar-refractivity contribution in [2.24, 2.45) is 0 Å². The number of aromatic nitrogens is 1. The SMILES string of the molecule is CCNCCNC(=O)Cc1csc(CC)n1. The van der Waals surface area contributed by atoms with E-state index < -0.39 is 0 Å². The molecule has 5 heteroatoms. The number of rotatable bonds is 7. The van der Waals surface area contributed by atoms with Crippen molar-refractivity contribution in [3.8, 4) is 0 Å². The molecule has 2 N–H and O–H groups in total. The van der Waals surface area contributed by atoms with Gasteiger partial charge in [0, 0.05) is 18.5 Å². The van der Waals surface area contributed by atoms with Gasteiger partial charge in [0.1, 0.15) is 0 Å². The molecule has 0 fully saturated rings. The average Bonchev–Trinajstić information content (AvgIpc) is 2.72. The van der Waals surface area contributed by atoms with Gasteiger partial charge in [-0.2, -0.15) is 0 Å². The van der Waals surface area contributed by atoms with Crippen LogP contribution in [0.5, 0.6) is 0 Å². The van der Waals surface area contributed by atoms with Crippen LogP contribution >= 0.6 is 11.3 Å². The molecule has 90 valence electrons. The van der Waals surface area contributed by atoms with Crippen LogP contribution in [0, 0.1) is 0 Å². The fourth-order valence-electron chi connectivity index (χ4n) is 1.29. The van der Waals surface area contributed by atoms with E-state index in [9.17, 15) is 4.79 Å². The minimum absolute atomic E-state index is 0.0471. The fraction of sp³-hybridized carbons (Fsp3) is 0.636. The van der Waals surface area contributed by atoms with Crippen molar-refractivity contribution < 1.29 is 4.79 Å². The van der Waals surface area contributed by atoms with E-state index in [0.717, 1.165) is 30.2 Å². The average molecular weight is 241 g/mol. The van der Waals surface area contributed by atoms with Crippen molar-refractivity contribution in [1.82, 2.24) is 15.6 Å². The van der Waals surface area contributed by atoms with Gasteiger partial charge < -0.3 is 10.6 Å². The standard InChI is InChI=1S/C11H19N3OS/c1-3-11-14-9(8-16-11)7-10(15)13-6-5-12-4-2/h8,12H,3-7H2,1-2H3,(H,13,15). The Morgan fingerprint density at radius 3 is 2.88 bits per heavy atom. The van der Waals surface area contributed by atoms with E-state index in [1.54, 1.807) is 11.3 Å². The molecule has 0 aliphatic heterocycles. The predicted octanol–water partition coefficient (Wildman–Crippen LogP) is 0.974. The Balaban J connectivity index is 2.23. The minimum atomic E-state index is 0.0471. The zero-order valence-electron chi connectivity index (χ0n) is 9.88. The van der Waals surface area contributed by atoms with Crippen molar-refractivity contribution in [3.05, 3.63) is 16.1 Å². The number of nitrogens with one attached hydrogen (secondary N) is 2. The number of carbonyl (C=O) groups is 1. The second kappa shape index (κ2) is 7.35. The third-order valence-electron chi connectivity index (χ3n) is 2.12. The minimum Gasteiger partial charge on any atom is -0.354 e. The van der Waals surface area contributed by atoms with E-state index in [1.165, 1.54) is 0 Å². The summed E-state index contributed by atoms with van der Waals surface area (Å²) in [4.78, 5) is 15.9. The maximum atomic E-state index is 11.5. The molecule has 0 aromatic carbocycles. The first-order valence-corrected chi connectivity index (χ1v) is 6.55. The van der Waals surface area contributed by atoms with Gasteiger partial charge in [-0.15, -0.1) is 11.3 Å². The van der Waals surface area contributed by atoms with Crippen molar-refractivity contribution in [2.45, 2.75) is 26.7 Å². The molecule has 16 heavy (non-hydrogen) atoms. The molecule has 0 spiro atoms. The maximum Gasteiger partial charge on any atom is 0.226 e. The molecule has 1 aromatic rings. The van der Waals surface area contributed by atoms with E-state index in [1.807, 2.05) is 12.3 Å². The number of amides is 1. The first-order chi connectivity index (χ1) is 7.76. The van der Waals surface area contributed by atoms with Gasteiger partial charge in [0.25, 0.3) is 0 Å². The van der Waals surface area contributed by atoms with Crippen LogP contribution in [0.25, 0.3) is 0 Å². The first kappa shape index (κ1) is 13.1. The summed E-state index contributed by atoms with van der Waals surface area (Å²) in [6, 6.07) is 0. The second-order valence-electron chi connectivity index (χ2n) is 3.47. The molecule has 1 amide bonds. The third-order valence-corrected chi connectivity index (χ3v) is 3.16. The normalized spacial score (nSPS) is 10.4. The molecule has 1 rings (SSSR count). The quantitative estimate of drug-likeness (QED) is 0.700. The summed E-state index contributed by atoms with van der Waals surface area (Å²) in [6.07, 6.45) is 1.33.